The van der Waals surface area contributed by atoms with Gasteiger partial charge in [0.15, 0.2) is 0 Å². The van der Waals surface area contributed by atoms with Gasteiger partial charge in [-0.15, -0.1) is 4.47 Å². The van der Waals surface area contributed by atoms with Crippen LogP contribution in [0.25, 0.3) is 0 Å². The lowest BCUT2D eigenvalue weighted by molar-refractivity contribution is -0.134. The Balaban J connectivity index is 1.91. The lowest BCUT2D eigenvalue weighted by atomic mass is 10.0. The second-order valence-electron chi connectivity index (χ2n) is 8.05. The normalized spacial score (nSPS) is 18.9. The monoisotopic (exact) mass is 456 g/mol. The molecule has 0 radical (unpaired) electrons. The molecule has 1 aliphatic rings. The van der Waals surface area contributed by atoms with E-state index in [9.17, 15) is 21.6 Å². The van der Waals surface area contributed by atoms with Gasteiger partial charge in [-0.1, -0.05) is 42.5 Å². The summed E-state index contributed by atoms with van der Waals surface area (Å²) in [7, 11) is -0.275. The Morgan fingerprint density at radius 3 is 2.32 bits per heavy atom. The van der Waals surface area contributed by atoms with E-state index in [0.717, 1.165) is 22.0 Å². The molecular weight excluding hydrogens is 429 g/mol. The first kappa shape index (κ1) is 23.6. The van der Waals surface area contributed by atoms with Crippen molar-refractivity contribution < 1.29 is 26.4 Å². The summed E-state index contributed by atoms with van der Waals surface area (Å²) in [5.74, 6) is -0.655. The quantitative estimate of drug-likeness (QED) is 0.519. The Bertz CT molecular complexity index is 965. The van der Waals surface area contributed by atoms with Crippen LogP contribution in [0.2, 0.25) is 0 Å². The number of alkyl halides is 3. The minimum absolute atomic E-state index is 0.00369. The SMILES string of the molecule is CN(C)CC1Cc2ccccc2C1ON(c1ccccc1)S(=O)(=O)CCCC(F)(F)F. The third-order valence-corrected chi connectivity index (χ3v) is 6.77. The fourth-order valence-corrected chi connectivity index (χ4v) is 5.23. The van der Waals surface area contributed by atoms with Crippen LogP contribution in [0.1, 0.15) is 30.1 Å². The fraction of sp³-hybridized carbons (Fsp3) is 0.455. The average molecular weight is 457 g/mol. The van der Waals surface area contributed by atoms with Crippen LogP contribution >= 0.6 is 0 Å². The smallest absolute Gasteiger partial charge is 0.309 e. The van der Waals surface area contributed by atoms with Gasteiger partial charge >= 0.3 is 6.18 Å². The molecule has 0 aromatic heterocycles. The van der Waals surface area contributed by atoms with Gasteiger partial charge in [0.05, 0.1) is 11.4 Å². The van der Waals surface area contributed by atoms with Crippen LogP contribution in [-0.4, -0.2) is 45.9 Å². The van der Waals surface area contributed by atoms with Crippen LogP contribution in [0, 0.1) is 5.92 Å². The topological polar surface area (TPSA) is 49.9 Å². The third-order valence-electron chi connectivity index (χ3n) is 5.16. The van der Waals surface area contributed by atoms with Gasteiger partial charge in [-0.25, -0.2) is 8.42 Å². The highest BCUT2D eigenvalue weighted by molar-refractivity contribution is 7.92. The summed E-state index contributed by atoms with van der Waals surface area (Å²) in [6.45, 7) is 0.677. The van der Waals surface area contributed by atoms with Gasteiger partial charge in [0, 0.05) is 18.9 Å². The molecule has 0 aliphatic heterocycles. The van der Waals surface area contributed by atoms with E-state index in [-0.39, 0.29) is 11.6 Å². The Hall–Kier alpha value is -2.10. The zero-order valence-electron chi connectivity index (χ0n) is 17.5. The van der Waals surface area contributed by atoms with Gasteiger partial charge in [0.1, 0.15) is 6.10 Å². The van der Waals surface area contributed by atoms with Gasteiger partial charge in [0.2, 0.25) is 0 Å². The fourth-order valence-electron chi connectivity index (χ4n) is 3.89. The van der Waals surface area contributed by atoms with Crippen molar-refractivity contribution in [2.45, 2.75) is 31.5 Å². The Labute approximate surface area is 181 Å². The lowest BCUT2D eigenvalue weighted by Gasteiger charge is -2.30. The van der Waals surface area contributed by atoms with E-state index in [2.05, 4.69) is 0 Å². The first-order valence-corrected chi connectivity index (χ1v) is 11.7. The minimum atomic E-state index is -4.41. The van der Waals surface area contributed by atoms with Crippen molar-refractivity contribution in [2.24, 2.45) is 5.92 Å². The van der Waals surface area contributed by atoms with Gasteiger partial charge in [0.25, 0.3) is 10.0 Å². The van der Waals surface area contributed by atoms with Crippen LogP contribution in [0.3, 0.4) is 0 Å². The Morgan fingerprint density at radius 1 is 1.03 bits per heavy atom. The molecule has 0 fully saturated rings. The zero-order valence-corrected chi connectivity index (χ0v) is 18.4. The Kier molecular flexibility index (Phi) is 7.28. The second kappa shape index (κ2) is 9.58. The van der Waals surface area contributed by atoms with Crippen LogP contribution in [0.4, 0.5) is 18.9 Å². The van der Waals surface area contributed by atoms with Crippen molar-refractivity contribution in [3.05, 3.63) is 65.7 Å². The van der Waals surface area contributed by atoms with Crippen LogP contribution < -0.4 is 4.47 Å². The molecule has 5 nitrogen and oxygen atoms in total. The predicted octanol–water partition coefficient (Wildman–Crippen LogP) is 4.57. The molecule has 170 valence electrons. The van der Waals surface area contributed by atoms with E-state index in [0.29, 0.717) is 6.54 Å². The van der Waals surface area contributed by atoms with Crippen LogP contribution in [-0.2, 0) is 21.3 Å². The summed E-state index contributed by atoms with van der Waals surface area (Å²) in [6.07, 6.45) is -5.90. The largest absolute Gasteiger partial charge is 0.389 e. The molecule has 2 aromatic rings. The molecule has 0 saturated heterocycles. The van der Waals surface area contributed by atoms with E-state index in [4.69, 9.17) is 4.84 Å². The number of benzene rings is 2. The van der Waals surface area contributed by atoms with Gasteiger partial charge in [-0.3, -0.25) is 4.84 Å². The summed E-state index contributed by atoms with van der Waals surface area (Å²) in [5.41, 5.74) is 2.25. The second-order valence-corrected chi connectivity index (χ2v) is 9.95. The van der Waals surface area contributed by atoms with E-state index in [1.807, 2.05) is 43.3 Å². The molecule has 0 bridgehead atoms. The molecule has 2 unspecified atom stereocenters. The molecular formula is C22H27F3N2O3S. The standard InChI is InChI=1S/C22H27F3N2O3S/c1-26(2)16-18-15-17-9-6-7-12-20(17)21(18)30-27(19-10-4-3-5-11-19)31(28,29)14-8-13-22(23,24)25/h3-7,9-12,18,21H,8,13-16H2,1-2H3. The number of anilines is 1. The Morgan fingerprint density at radius 2 is 1.68 bits per heavy atom. The minimum Gasteiger partial charge on any atom is -0.309 e. The highest BCUT2D eigenvalue weighted by atomic mass is 32.2. The van der Waals surface area contributed by atoms with E-state index in [1.165, 1.54) is 0 Å². The number of rotatable bonds is 9. The molecule has 0 amide bonds. The van der Waals surface area contributed by atoms with Gasteiger partial charge in [-0.05, 0) is 50.2 Å². The van der Waals surface area contributed by atoms with Crippen molar-refractivity contribution in [3.8, 4) is 0 Å². The van der Waals surface area contributed by atoms with Gasteiger partial charge in [-0.2, -0.15) is 13.2 Å². The first-order chi connectivity index (χ1) is 14.6. The summed E-state index contributed by atoms with van der Waals surface area (Å²) in [4.78, 5) is 8.13. The van der Waals surface area contributed by atoms with E-state index in [1.54, 1.807) is 30.3 Å². The molecule has 1 aliphatic carbocycles. The number of fused-ring (bicyclic) bond motifs is 1. The van der Waals surface area contributed by atoms with Crippen molar-refractivity contribution in [1.29, 1.82) is 0 Å². The zero-order chi connectivity index (χ0) is 22.6. The summed E-state index contributed by atoms with van der Waals surface area (Å²) < 4.78 is 64.7. The molecule has 0 spiro atoms. The maximum atomic E-state index is 13.1. The molecule has 2 atom stereocenters. The number of hydrogen-bond acceptors (Lipinski definition) is 4. The van der Waals surface area contributed by atoms with Crippen LogP contribution in [0.5, 0.6) is 0 Å². The molecule has 2 aromatic carbocycles. The molecule has 9 heteroatoms. The highest BCUT2D eigenvalue weighted by Gasteiger charge is 2.38. The van der Waals surface area contributed by atoms with Crippen molar-refractivity contribution in [1.82, 2.24) is 4.90 Å². The highest BCUT2D eigenvalue weighted by Crippen LogP contribution is 2.41. The molecule has 3 rings (SSSR count). The van der Waals surface area contributed by atoms with E-state index < -0.39 is 40.9 Å². The summed E-state index contributed by atoms with van der Waals surface area (Å²) >= 11 is 0. The average Bonchev–Trinajstić information content (AvgIpc) is 3.01. The van der Waals surface area contributed by atoms with Gasteiger partial charge < -0.3 is 4.90 Å². The number of para-hydroxylation sites is 1. The number of hydrogen-bond donors (Lipinski definition) is 0. The van der Waals surface area contributed by atoms with Crippen molar-refractivity contribution in [2.75, 3.05) is 30.9 Å². The maximum absolute atomic E-state index is 13.1. The number of nitrogens with zero attached hydrogens (tertiary/aromatic N) is 2. The molecule has 0 N–H and O–H groups in total. The first-order valence-electron chi connectivity index (χ1n) is 10.1. The van der Waals surface area contributed by atoms with E-state index >= 15 is 0 Å². The number of sulfonamides is 1. The number of halogens is 3. The van der Waals surface area contributed by atoms with Crippen molar-refractivity contribution >= 4 is 15.7 Å². The summed E-state index contributed by atoms with van der Waals surface area (Å²) in [6, 6.07) is 15.9. The van der Waals surface area contributed by atoms with Crippen molar-refractivity contribution in [3.63, 3.8) is 0 Å². The maximum Gasteiger partial charge on any atom is 0.389 e. The summed E-state index contributed by atoms with van der Waals surface area (Å²) in [5, 5.41) is 0. The molecule has 0 heterocycles. The molecule has 0 saturated carbocycles. The molecule has 31 heavy (non-hydrogen) atoms. The predicted molar refractivity (Wildman–Crippen MR) is 114 cm³/mol. The van der Waals surface area contributed by atoms with Crippen LogP contribution in [0.15, 0.2) is 54.6 Å². The third kappa shape index (κ3) is 6.21. The lowest BCUT2D eigenvalue weighted by Crippen LogP contribution is -2.37.